The highest BCUT2D eigenvalue weighted by molar-refractivity contribution is 6.30. The third-order valence-corrected chi connectivity index (χ3v) is 5.64. The predicted octanol–water partition coefficient (Wildman–Crippen LogP) is 2.91. The lowest BCUT2D eigenvalue weighted by atomic mass is 9.82. The third-order valence-electron chi connectivity index (χ3n) is 5.64. The van der Waals surface area contributed by atoms with Gasteiger partial charge >= 0.3 is 5.97 Å². The van der Waals surface area contributed by atoms with Crippen LogP contribution in [0.15, 0.2) is 30.3 Å². The Labute approximate surface area is 173 Å². The summed E-state index contributed by atoms with van der Waals surface area (Å²) in [7, 11) is 0. The average Bonchev–Trinajstić information content (AvgIpc) is 2.75. The maximum atomic E-state index is 12.8. The lowest BCUT2D eigenvalue weighted by Crippen LogP contribution is -2.31. The van der Waals surface area contributed by atoms with Crippen LogP contribution >= 0.6 is 0 Å². The normalized spacial score (nSPS) is 16.1. The Morgan fingerprint density at radius 3 is 2.43 bits per heavy atom. The van der Waals surface area contributed by atoms with Gasteiger partial charge in [0.25, 0.3) is 0 Å². The number of aromatic hydroxyl groups is 2. The van der Waals surface area contributed by atoms with Crippen molar-refractivity contribution in [1.29, 1.82) is 0 Å². The van der Waals surface area contributed by atoms with E-state index in [1.165, 1.54) is 43.5 Å². The largest absolute Gasteiger partial charge is 0.507 e. The number of phenols is 2. The van der Waals surface area contributed by atoms with Crippen LogP contribution in [-0.2, 0) is 4.74 Å². The van der Waals surface area contributed by atoms with Crippen molar-refractivity contribution in [2.75, 3.05) is 26.2 Å². The Hall–Kier alpha value is -3.19. The van der Waals surface area contributed by atoms with Gasteiger partial charge in [0.15, 0.2) is 5.78 Å². The fourth-order valence-electron chi connectivity index (χ4n) is 4.12. The number of carbonyl (C=O) groups is 3. The molecule has 1 saturated heterocycles. The van der Waals surface area contributed by atoms with Crippen molar-refractivity contribution < 1.29 is 29.3 Å². The van der Waals surface area contributed by atoms with E-state index < -0.39 is 23.3 Å². The van der Waals surface area contributed by atoms with Gasteiger partial charge in [-0.3, -0.25) is 9.59 Å². The van der Waals surface area contributed by atoms with E-state index in [2.05, 4.69) is 4.90 Å². The van der Waals surface area contributed by atoms with E-state index in [-0.39, 0.29) is 40.2 Å². The molecule has 1 aliphatic heterocycles. The van der Waals surface area contributed by atoms with Gasteiger partial charge in [-0.2, -0.15) is 0 Å². The van der Waals surface area contributed by atoms with Crippen LogP contribution in [-0.4, -0.2) is 58.9 Å². The zero-order valence-corrected chi connectivity index (χ0v) is 16.5. The minimum Gasteiger partial charge on any atom is -0.507 e. The molecule has 2 aromatic rings. The summed E-state index contributed by atoms with van der Waals surface area (Å²) in [6.45, 7) is 3.23. The summed E-state index contributed by atoms with van der Waals surface area (Å²) in [6, 6.07) is 6.60. The number of piperidine rings is 1. The second kappa shape index (κ2) is 8.28. The number of likely N-dealkylation sites (tertiary alicyclic amines) is 1. The standard InChI is InChI=1S/C23H23NO6/c25-17-7-4-6-15-19(17)22(28)20-16(21(15)27)12-14(13-18(20)26)23(29)30-11-5-10-24-8-2-1-3-9-24/h4,6-7,12-13,25-26H,1-3,5,8-11H2. The fraction of sp³-hybridized carbons (Fsp3) is 0.348. The number of phenolic OH excluding ortho intramolecular Hbond substituents is 2. The highest BCUT2D eigenvalue weighted by Crippen LogP contribution is 2.37. The number of nitrogens with zero attached hydrogens (tertiary/aromatic N) is 1. The fourth-order valence-corrected chi connectivity index (χ4v) is 4.12. The minimum atomic E-state index is -0.659. The van der Waals surface area contributed by atoms with Gasteiger partial charge < -0.3 is 19.8 Å². The van der Waals surface area contributed by atoms with E-state index in [4.69, 9.17) is 4.74 Å². The summed E-state index contributed by atoms with van der Waals surface area (Å²) in [4.78, 5) is 40.4. The summed E-state index contributed by atoms with van der Waals surface area (Å²) in [5.74, 6) is -2.66. The van der Waals surface area contributed by atoms with Crippen LogP contribution in [0.1, 0.15) is 67.9 Å². The first-order chi connectivity index (χ1) is 14.5. The Morgan fingerprint density at radius 1 is 0.933 bits per heavy atom. The zero-order chi connectivity index (χ0) is 21.3. The van der Waals surface area contributed by atoms with Gasteiger partial charge in [0.2, 0.25) is 5.78 Å². The molecule has 1 aliphatic carbocycles. The second-order valence-electron chi connectivity index (χ2n) is 7.67. The third kappa shape index (κ3) is 3.68. The summed E-state index contributed by atoms with van der Waals surface area (Å²) in [5, 5.41) is 20.3. The van der Waals surface area contributed by atoms with Crippen LogP contribution in [0.3, 0.4) is 0 Å². The number of hydrogen-bond donors (Lipinski definition) is 2. The van der Waals surface area contributed by atoms with Gasteiger partial charge in [-0.05, 0) is 50.6 Å². The molecule has 2 N–H and O–H groups in total. The highest BCUT2D eigenvalue weighted by Gasteiger charge is 2.35. The van der Waals surface area contributed by atoms with Crippen molar-refractivity contribution in [3.05, 3.63) is 58.1 Å². The number of carbonyl (C=O) groups excluding carboxylic acids is 3. The molecular weight excluding hydrogens is 386 g/mol. The monoisotopic (exact) mass is 409 g/mol. The molecule has 0 radical (unpaired) electrons. The Kier molecular flexibility index (Phi) is 5.55. The number of ether oxygens (including phenoxy) is 1. The molecule has 4 rings (SSSR count). The van der Waals surface area contributed by atoms with Crippen molar-refractivity contribution in [3.63, 3.8) is 0 Å². The number of rotatable bonds is 5. The van der Waals surface area contributed by atoms with Gasteiger partial charge in [0.1, 0.15) is 11.5 Å². The first-order valence-corrected chi connectivity index (χ1v) is 10.1. The molecule has 0 aromatic heterocycles. The minimum absolute atomic E-state index is 0.00831. The van der Waals surface area contributed by atoms with Crippen LogP contribution in [0.2, 0.25) is 0 Å². The molecule has 0 bridgehead atoms. The second-order valence-corrected chi connectivity index (χ2v) is 7.67. The first kappa shape index (κ1) is 20.1. The summed E-state index contributed by atoms with van der Waals surface area (Å²) in [6.07, 6.45) is 4.36. The van der Waals surface area contributed by atoms with Crippen LogP contribution < -0.4 is 0 Å². The summed E-state index contributed by atoms with van der Waals surface area (Å²) in [5.41, 5.74) is -0.375. The molecule has 0 saturated carbocycles. The van der Waals surface area contributed by atoms with E-state index in [1.54, 1.807) is 0 Å². The van der Waals surface area contributed by atoms with Crippen molar-refractivity contribution >= 4 is 17.5 Å². The molecule has 1 fully saturated rings. The number of esters is 1. The van der Waals surface area contributed by atoms with E-state index in [0.717, 1.165) is 25.7 Å². The quantitative estimate of drug-likeness (QED) is 0.493. The molecule has 2 aliphatic rings. The lowest BCUT2D eigenvalue weighted by Gasteiger charge is -2.26. The van der Waals surface area contributed by atoms with E-state index in [0.29, 0.717) is 6.42 Å². The molecule has 0 atom stereocenters. The number of ketones is 2. The Bertz CT molecular complexity index is 1020. The zero-order valence-electron chi connectivity index (χ0n) is 16.5. The van der Waals surface area contributed by atoms with Gasteiger partial charge in [-0.25, -0.2) is 4.79 Å². The van der Waals surface area contributed by atoms with E-state index in [9.17, 15) is 24.6 Å². The molecule has 2 aromatic carbocycles. The summed E-state index contributed by atoms with van der Waals surface area (Å²) >= 11 is 0. The molecule has 7 heteroatoms. The van der Waals surface area contributed by atoms with E-state index in [1.807, 2.05) is 0 Å². The van der Waals surface area contributed by atoms with Crippen molar-refractivity contribution in [3.8, 4) is 11.5 Å². The first-order valence-electron chi connectivity index (χ1n) is 10.1. The Balaban J connectivity index is 1.49. The molecule has 0 amide bonds. The molecule has 7 nitrogen and oxygen atoms in total. The number of hydrogen-bond acceptors (Lipinski definition) is 7. The van der Waals surface area contributed by atoms with Crippen LogP contribution in [0, 0.1) is 0 Å². The molecule has 1 heterocycles. The molecular formula is C23H23NO6. The van der Waals surface area contributed by atoms with Gasteiger partial charge in [0, 0.05) is 17.7 Å². The molecule has 30 heavy (non-hydrogen) atoms. The topological polar surface area (TPSA) is 104 Å². The van der Waals surface area contributed by atoms with Crippen LogP contribution in [0.25, 0.3) is 0 Å². The maximum Gasteiger partial charge on any atom is 0.338 e. The van der Waals surface area contributed by atoms with Crippen molar-refractivity contribution in [2.45, 2.75) is 25.7 Å². The Morgan fingerprint density at radius 2 is 1.67 bits per heavy atom. The number of benzene rings is 2. The van der Waals surface area contributed by atoms with Crippen molar-refractivity contribution in [2.24, 2.45) is 0 Å². The van der Waals surface area contributed by atoms with Crippen molar-refractivity contribution in [1.82, 2.24) is 4.90 Å². The molecule has 0 spiro atoms. The molecule has 156 valence electrons. The lowest BCUT2D eigenvalue weighted by molar-refractivity contribution is 0.0484. The molecule has 0 unspecified atom stereocenters. The van der Waals surface area contributed by atoms with Crippen LogP contribution in [0.5, 0.6) is 11.5 Å². The smallest absolute Gasteiger partial charge is 0.338 e. The highest BCUT2D eigenvalue weighted by atomic mass is 16.5. The predicted molar refractivity (Wildman–Crippen MR) is 108 cm³/mol. The van der Waals surface area contributed by atoms with Gasteiger partial charge in [0.05, 0.1) is 23.3 Å². The van der Waals surface area contributed by atoms with Gasteiger partial charge in [-0.15, -0.1) is 0 Å². The maximum absolute atomic E-state index is 12.8. The number of fused-ring (bicyclic) bond motifs is 2. The average molecular weight is 409 g/mol. The van der Waals surface area contributed by atoms with Gasteiger partial charge in [-0.1, -0.05) is 18.6 Å². The van der Waals surface area contributed by atoms with E-state index >= 15 is 0 Å². The summed E-state index contributed by atoms with van der Waals surface area (Å²) < 4.78 is 5.30. The van der Waals surface area contributed by atoms with Crippen LogP contribution in [0.4, 0.5) is 0 Å². The SMILES string of the molecule is O=C(OCCCN1CCCCC1)c1cc(O)c2c(c1)C(=O)c1cccc(O)c1C2=O.